The number of methoxy groups -OCH3 is 1. The third kappa shape index (κ3) is 5.32. The Labute approximate surface area is 126 Å². The van der Waals surface area contributed by atoms with Gasteiger partial charge in [-0.2, -0.15) is 0 Å². The number of carboxylic acids is 1. The van der Waals surface area contributed by atoms with Crippen molar-refractivity contribution in [3.8, 4) is 5.75 Å². The molecule has 0 atom stereocenters. The molecule has 0 aliphatic rings. The normalized spacial score (nSPS) is 11.2. The molecule has 21 heavy (non-hydrogen) atoms. The zero-order chi connectivity index (χ0) is 16.0. The molecule has 0 fully saturated rings. The molecule has 0 aromatic carbocycles. The van der Waals surface area contributed by atoms with Crippen LogP contribution in [0.25, 0.3) is 0 Å². The number of carboxylic acid groups (broad SMARTS) is 1. The minimum absolute atomic E-state index is 0.00511. The summed E-state index contributed by atoms with van der Waals surface area (Å²) in [5.74, 6) is -0.00614. The van der Waals surface area contributed by atoms with Gasteiger partial charge in [0.1, 0.15) is 5.75 Å². The lowest BCUT2D eigenvalue weighted by Crippen LogP contribution is -2.35. The highest BCUT2D eigenvalue weighted by atomic mass is 16.5. The van der Waals surface area contributed by atoms with E-state index in [0.717, 1.165) is 29.1 Å². The average molecular weight is 295 g/mol. The standard InChI is InChI=1S/C15H25N3O3/c1-11-8-16-13(12(2)15(11)21-5)9-18(10-14(19)20)7-6-17(3)4/h8H,6-7,9-10H2,1-5H3,(H,19,20). The first-order valence-electron chi connectivity index (χ1n) is 6.93. The number of nitrogens with zero attached hydrogens (tertiary/aromatic N) is 3. The SMILES string of the molecule is COc1c(C)cnc(CN(CCN(C)C)CC(=O)O)c1C. The predicted molar refractivity (Wildman–Crippen MR) is 81.7 cm³/mol. The van der Waals surface area contributed by atoms with Crippen molar-refractivity contribution in [3.63, 3.8) is 0 Å². The molecule has 0 aliphatic heterocycles. The molecule has 6 heteroatoms. The maximum atomic E-state index is 11.0. The van der Waals surface area contributed by atoms with Gasteiger partial charge in [0.15, 0.2) is 0 Å². The summed E-state index contributed by atoms with van der Waals surface area (Å²) < 4.78 is 5.39. The van der Waals surface area contributed by atoms with Gasteiger partial charge in [-0.3, -0.25) is 14.7 Å². The van der Waals surface area contributed by atoms with Gasteiger partial charge in [0.25, 0.3) is 0 Å². The van der Waals surface area contributed by atoms with E-state index >= 15 is 0 Å². The van der Waals surface area contributed by atoms with Crippen molar-refractivity contribution in [2.45, 2.75) is 20.4 Å². The lowest BCUT2D eigenvalue weighted by molar-refractivity contribution is -0.138. The summed E-state index contributed by atoms with van der Waals surface area (Å²) in [6.07, 6.45) is 1.77. The number of rotatable bonds is 8. The second-order valence-electron chi connectivity index (χ2n) is 5.45. The number of aryl methyl sites for hydroxylation is 1. The quantitative estimate of drug-likeness (QED) is 0.776. The van der Waals surface area contributed by atoms with Crippen LogP contribution in [-0.4, -0.2) is 66.7 Å². The fraction of sp³-hybridized carbons (Fsp3) is 0.600. The molecule has 1 heterocycles. The number of hydrogen-bond donors (Lipinski definition) is 1. The Morgan fingerprint density at radius 1 is 1.33 bits per heavy atom. The first-order valence-corrected chi connectivity index (χ1v) is 6.93. The molecule has 0 aliphatic carbocycles. The highest BCUT2D eigenvalue weighted by Crippen LogP contribution is 2.24. The number of aliphatic carboxylic acids is 1. The van der Waals surface area contributed by atoms with Gasteiger partial charge >= 0.3 is 5.97 Å². The van der Waals surface area contributed by atoms with Crippen LogP contribution in [0.15, 0.2) is 6.20 Å². The topological polar surface area (TPSA) is 65.9 Å². The summed E-state index contributed by atoms with van der Waals surface area (Å²) in [5, 5.41) is 9.04. The molecule has 0 bridgehead atoms. The molecule has 0 amide bonds. The second kappa shape index (κ2) is 7.95. The Kier molecular flexibility index (Phi) is 6.58. The number of ether oxygens (including phenoxy) is 1. The van der Waals surface area contributed by atoms with Crippen LogP contribution in [0.3, 0.4) is 0 Å². The molecule has 118 valence electrons. The molecule has 0 saturated carbocycles. The van der Waals surface area contributed by atoms with E-state index in [9.17, 15) is 4.79 Å². The van der Waals surface area contributed by atoms with E-state index in [4.69, 9.17) is 9.84 Å². The van der Waals surface area contributed by atoms with Crippen molar-refractivity contribution in [3.05, 3.63) is 23.0 Å². The average Bonchev–Trinajstić information content (AvgIpc) is 2.39. The molecule has 1 aromatic heterocycles. The maximum absolute atomic E-state index is 11.0. The van der Waals surface area contributed by atoms with Crippen LogP contribution in [0.2, 0.25) is 0 Å². The van der Waals surface area contributed by atoms with Gasteiger partial charge in [0.05, 0.1) is 19.3 Å². The lowest BCUT2D eigenvalue weighted by atomic mass is 10.1. The minimum Gasteiger partial charge on any atom is -0.496 e. The monoisotopic (exact) mass is 295 g/mol. The summed E-state index contributed by atoms with van der Waals surface area (Å²) in [6, 6.07) is 0. The van der Waals surface area contributed by atoms with Crippen LogP contribution in [-0.2, 0) is 11.3 Å². The molecule has 1 aromatic rings. The van der Waals surface area contributed by atoms with E-state index in [1.165, 1.54) is 0 Å². The van der Waals surface area contributed by atoms with E-state index < -0.39 is 5.97 Å². The van der Waals surface area contributed by atoms with Crippen LogP contribution in [0, 0.1) is 13.8 Å². The van der Waals surface area contributed by atoms with Gasteiger partial charge in [0.2, 0.25) is 0 Å². The van der Waals surface area contributed by atoms with Gasteiger partial charge in [-0.25, -0.2) is 0 Å². The molecule has 0 spiro atoms. The van der Waals surface area contributed by atoms with Crippen molar-refractivity contribution < 1.29 is 14.6 Å². The van der Waals surface area contributed by atoms with E-state index in [2.05, 4.69) is 4.98 Å². The Morgan fingerprint density at radius 2 is 2.00 bits per heavy atom. The van der Waals surface area contributed by atoms with Crippen LogP contribution >= 0.6 is 0 Å². The third-order valence-electron chi connectivity index (χ3n) is 3.35. The zero-order valence-electron chi connectivity index (χ0n) is 13.5. The van der Waals surface area contributed by atoms with Crippen molar-refractivity contribution in [1.82, 2.24) is 14.8 Å². The minimum atomic E-state index is -0.828. The van der Waals surface area contributed by atoms with Gasteiger partial charge < -0.3 is 14.7 Å². The summed E-state index contributed by atoms with van der Waals surface area (Å²) >= 11 is 0. The zero-order valence-corrected chi connectivity index (χ0v) is 13.5. The number of aromatic nitrogens is 1. The second-order valence-corrected chi connectivity index (χ2v) is 5.45. The van der Waals surface area contributed by atoms with Gasteiger partial charge in [-0.15, -0.1) is 0 Å². The van der Waals surface area contributed by atoms with E-state index in [1.807, 2.05) is 37.7 Å². The molecular weight excluding hydrogens is 270 g/mol. The maximum Gasteiger partial charge on any atom is 0.317 e. The Morgan fingerprint density at radius 3 is 2.52 bits per heavy atom. The van der Waals surface area contributed by atoms with Crippen LogP contribution < -0.4 is 4.74 Å². The fourth-order valence-electron chi connectivity index (χ4n) is 2.19. The van der Waals surface area contributed by atoms with Crippen LogP contribution in [0.5, 0.6) is 5.75 Å². The Balaban J connectivity index is 2.89. The van der Waals surface area contributed by atoms with E-state index in [0.29, 0.717) is 13.1 Å². The molecule has 0 unspecified atom stereocenters. The molecule has 0 radical (unpaired) electrons. The molecule has 6 nitrogen and oxygen atoms in total. The highest BCUT2D eigenvalue weighted by Gasteiger charge is 2.15. The number of likely N-dealkylation sites (N-methyl/N-ethyl adjacent to an activating group) is 1. The number of pyridine rings is 1. The van der Waals surface area contributed by atoms with Crippen molar-refractivity contribution in [1.29, 1.82) is 0 Å². The van der Waals surface area contributed by atoms with Crippen molar-refractivity contribution in [2.24, 2.45) is 0 Å². The predicted octanol–water partition coefficient (Wildman–Crippen LogP) is 1.16. The Bertz CT molecular complexity index is 489. The molecule has 1 rings (SSSR count). The molecular formula is C15H25N3O3. The highest BCUT2D eigenvalue weighted by molar-refractivity contribution is 5.69. The first kappa shape index (κ1) is 17.4. The van der Waals surface area contributed by atoms with Gasteiger partial charge in [-0.05, 0) is 27.9 Å². The fourth-order valence-corrected chi connectivity index (χ4v) is 2.19. The van der Waals surface area contributed by atoms with E-state index in [1.54, 1.807) is 13.3 Å². The largest absolute Gasteiger partial charge is 0.496 e. The number of hydrogen-bond acceptors (Lipinski definition) is 5. The van der Waals surface area contributed by atoms with E-state index in [-0.39, 0.29) is 6.54 Å². The Hall–Kier alpha value is -1.66. The van der Waals surface area contributed by atoms with Crippen molar-refractivity contribution in [2.75, 3.05) is 40.8 Å². The first-order chi connectivity index (χ1) is 9.85. The van der Waals surface area contributed by atoms with Gasteiger partial charge in [-0.1, -0.05) is 0 Å². The lowest BCUT2D eigenvalue weighted by Gasteiger charge is -2.23. The smallest absolute Gasteiger partial charge is 0.317 e. The summed E-state index contributed by atoms with van der Waals surface area (Å²) in [6.45, 7) is 5.89. The van der Waals surface area contributed by atoms with Crippen molar-refractivity contribution >= 4 is 5.97 Å². The summed E-state index contributed by atoms with van der Waals surface area (Å²) in [5.41, 5.74) is 2.81. The van der Waals surface area contributed by atoms with Crippen LogP contribution in [0.1, 0.15) is 16.8 Å². The van der Waals surface area contributed by atoms with Gasteiger partial charge in [0, 0.05) is 37.0 Å². The number of carbonyl (C=O) groups is 1. The summed E-state index contributed by atoms with van der Waals surface area (Å²) in [7, 11) is 5.58. The van der Waals surface area contributed by atoms with Crippen LogP contribution in [0.4, 0.5) is 0 Å². The molecule has 0 saturated heterocycles. The third-order valence-corrected chi connectivity index (χ3v) is 3.35. The summed E-state index contributed by atoms with van der Waals surface area (Å²) in [4.78, 5) is 19.4. The molecule has 1 N–H and O–H groups in total.